The van der Waals surface area contributed by atoms with Crippen molar-refractivity contribution in [1.82, 2.24) is 0 Å². The molecule has 0 atom stereocenters. The Morgan fingerprint density at radius 2 is 1.33 bits per heavy atom. The molecule has 2 N–H and O–H groups in total. The van der Waals surface area contributed by atoms with Crippen molar-refractivity contribution in [3.05, 3.63) is 11.1 Å². The molecule has 2 rings (SSSR count). The quantitative estimate of drug-likeness (QED) is 0.549. The summed E-state index contributed by atoms with van der Waals surface area (Å²) in [5, 5.41) is 0. The van der Waals surface area contributed by atoms with Gasteiger partial charge in [-0.05, 0) is 51.4 Å². The lowest BCUT2D eigenvalue weighted by Gasteiger charge is -2.22. The third kappa shape index (κ3) is 1.71. The molecule has 2 fully saturated rings. The molecule has 0 aromatic rings. The average molecular weight is 165 g/mol. The molecule has 68 valence electrons. The minimum Gasteiger partial charge on any atom is -0.328 e. The van der Waals surface area contributed by atoms with E-state index in [0.29, 0.717) is 6.04 Å². The lowest BCUT2D eigenvalue weighted by molar-refractivity contribution is 0.506. The van der Waals surface area contributed by atoms with Crippen LogP contribution in [0.3, 0.4) is 0 Å². The minimum absolute atomic E-state index is 0.496. The zero-order valence-corrected chi connectivity index (χ0v) is 7.81. The topological polar surface area (TPSA) is 26.0 Å². The maximum atomic E-state index is 5.87. The second-order valence-corrected chi connectivity index (χ2v) is 4.25. The molecule has 2 saturated carbocycles. The van der Waals surface area contributed by atoms with E-state index in [9.17, 15) is 0 Å². The Labute approximate surface area is 75.0 Å². The Bertz CT molecular complexity index is 175. The lowest BCUT2D eigenvalue weighted by atomic mass is 9.88. The van der Waals surface area contributed by atoms with E-state index in [1.54, 1.807) is 11.1 Å². The number of allylic oxidation sites excluding steroid dienone is 2. The van der Waals surface area contributed by atoms with Crippen LogP contribution in [0.15, 0.2) is 11.1 Å². The molecular formula is C11H19N. The Balaban J connectivity index is 1.99. The zero-order chi connectivity index (χ0) is 8.39. The number of rotatable bonds is 0. The molecule has 0 amide bonds. The number of hydrogen-bond acceptors (Lipinski definition) is 1. The minimum atomic E-state index is 0.496. The fourth-order valence-electron chi connectivity index (χ4n) is 2.50. The van der Waals surface area contributed by atoms with Crippen molar-refractivity contribution in [1.29, 1.82) is 0 Å². The molecule has 0 spiro atoms. The highest BCUT2D eigenvalue weighted by Gasteiger charge is 2.17. The van der Waals surface area contributed by atoms with E-state index in [1.807, 2.05) is 0 Å². The van der Waals surface area contributed by atoms with Gasteiger partial charge in [-0.15, -0.1) is 0 Å². The largest absolute Gasteiger partial charge is 0.328 e. The predicted molar refractivity (Wildman–Crippen MR) is 51.9 cm³/mol. The van der Waals surface area contributed by atoms with E-state index in [1.165, 1.54) is 51.4 Å². The summed E-state index contributed by atoms with van der Waals surface area (Å²) in [4.78, 5) is 0. The van der Waals surface area contributed by atoms with Gasteiger partial charge in [-0.1, -0.05) is 11.1 Å². The molecule has 0 aromatic carbocycles. The van der Waals surface area contributed by atoms with Gasteiger partial charge in [0.15, 0.2) is 0 Å². The van der Waals surface area contributed by atoms with E-state index in [2.05, 4.69) is 0 Å². The van der Waals surface area contributed by atoms with Crippen molar-refractivity contribution < 1.29 is 0 Å². The summed E-state index contributed by atoms with van der Waals surface area (Å²) in [5.74, 6) is 0. The molecule has 1 nitrogen and oxygen atoms in total. The first-order chi connectivity index (χ1) is 5.86. The first-order valence-electron chi connectivity index (χ1n) is 5.31. The second-order valence-electron chi connectivity index (χ2n) is 4.25. The van der Waals surface area contributed by atoms with Crippen LogP contribution in [0.2, 0.25) is 0 Å². The maximum absolute atomic E-state index is 5.87. The maximum Gasteiger partial charge on any atom is 0.00449 e. The monoisotopic (exact) mass is 165 g/mol. The first-order valence-corrected chi connectivity index (χ1v) is 5.31. The van der Waals surface area contributed by atoms with Crippen LogP contribution in [0.5, 0.6) is 0 Å². The van der Waals surface area contributed by atoms with Crippen molar-refractivity contribution in [2.45, 2.75) is 57.4 Å². The van der Waals surface area contributed by atoms with Crippen molar-refractivity contribution in [2.75, 3.05) is 0 Å². The molecular weight excluding hydrogens is 146 g/mol. The van der Waals surface area contributed by atoms with E-state index >= 15 is 0 Å². The number of nitrogens with two attached hydrogens (primary N) is 1. The molecule has 0 aromatic heterocycles. The van der Waals surface area contributed by atoms with E-state index in [0.717, 1.165) is 0 Å². The summed E-state index contributed by atoms with van der Waals surface area (Å²) in [6.07, 6.45) is 10.7. The van der Waals surface area contributed by atoms with Crippen molar-refractivity contribution in [3.63, 3.8) is 0 Å². The highest BCUT2D eigenvalue weighted by molar-refractivity contribution is 5.18. The van der Waals surface area contributed by atoms with Crippen LogP contribution in [0.1, 0.15) is 51.4 Å². The summed E-state index contributed by atoms with van der Waals surface area (Å²) in [7, 11) is 0. The summed E-state index contributed by atoms with van der Waals surface area (Å²) in [6, 6.07) is 0.496. The summed E-state index contributed by atoms with van der Waals surface area (Å²) >= 11 is 0. The van der Waals surface area contributed by atoms with Crippen LogP contribution < -0.4 is 5.73 Å². The van der Waals surface area contributed by atoms with Gasteiger partial charge in [-0.2, -0.15) is 0 Å². The zero-order valence-electron chi connectivity index (χ0n) is 7.81. The smallest absolute Gasteiger partial charge is 0.00449 e. The summed E-state index contributed by atoms with van der Waals surface area (Å²) in [5.41, 5.74) is 9.44. The van der Waals surface area contributed by atoms with Gasteiger partial charge in [0.1, 0.15) is 0 Å². The van der Waals surface area contributed by atoms with Gasteiger partial charge in [0.2, 0.25) is 0 Å². The average Bonchev–Trinajstić information content (AvgIpc) is 2.58. The predicted octanol–water partition coefficient (Wildman–Crippen LogP) is 2.76. The Morgan fingerprint density at radius 3 is 1.92 bits per heavy atom. The fraction of sp³-hybridized carbons (Fsp3) is 0.818. The van der Waals surface area contributed by atoms with E-state index < -0.39 is 0 Å². The molecule has 2 aliphatic rings. The van der Waals surface area contributed by atoms with Gasteiger partial charge in [-0.25, -0.2) is 0 Å². The molecule has 0 heterocycles. The van der Waals surface area contributed by atoms with Crippen LogP contribution in [0.4, 0.5) is 0 Å². The molecule has 12 heavy (non-hydrogen) atoms. The van der Waals surface area contributed by atoms with Gasteiger partial charge in [0.25, 0.3) is 0 Å². The first kappa shape index (κ1) is 8.31. The number of hydrogen-bond donors (Lipinski definition) is 1. The van der Waals surface area contributed by atoms with Crippen LogP contribution >= 0.6 is 0 Å². The third-order valence-electron chi connectivity index (χ3n) is 3.34. The molecule has 1 heteroatoms. The standard InChI is InChI=1S/C11H19N/c12-11-7-5-10(6-8-11)9-3-1-2-4-9/h11H,1-8,12H2. The Morgan fingerprint density at radius 1 is 0.833 bits per heavy atom. The molecule has 0 saturated heterocycles. The molecule has 0 aliphatic heterocycles. The Kier molecular flexibility index (Phi) is 2.50. The van der Waals surface area contributed by atoms with Gasteiger partial charge in [0.05, 0.1) is 0 Å². The fourth-order valence-corrected chi connectivity index (χ4v) is 2.50. The van der Waals surface area contributed by atoms with Crippen molar-refractivity contribution >= 4 is 0 Å². The normalized spacial score (nSPS) is 31.2. The van der Waals surface area contributed by atoms with E-state index in [4.69, 9.17) is 5.73 Å². The summed E-state index contributed by atoms with van der Waals surface area (Å²) in [6.45, 7) is 0. The van der Waals surface area contributed by atoms with Gasteiger partial charge in [-0.3, -0.25) is 0 Å². The molecule has 0 unspecified atom stereocenters. The van der Waals surface area contributed by atoms with Gasteiger partial charge >= 0.3 is 0 Å². The van der Waals surface area contributed by atoms with Crippen LogP contribution in [0.25, 0.3) is 0 Å². The van der Waals surface area contributed by atoms with Crippen LogP contribution in [0, 0.1) is 0 Å². The highest BCUT2D eigenvalue weighted by Crippen LogP contribution is 2.33. The van der Waals surface area contributed by atoms with Crippen LogP contribution in [-0.2, 0) is 0 Å². The van der Waals surface area contributed by atoms with Gasteiger partial charge < -0.3 is 5.73 Å². The molecule has 0 radical (unpaired) electrons. The SMILES string of the molecule is NC1CCC(=C2CCCC2)CC1. The summed E-state index contributed by atoms with van der Waals surface area (Å²) < 4.78 is 0. The van der Waals surface area contributed by atoms with Crippen LogP contribution in [-0.4, -0.2) is 6.04 Å². The molecule has 2 aliphatic carbocycles. The van der Waals surface area contributed by atoms with Crippen molar-refractivity contribution in [2.24, 2.45) is 5.73 Å². The highest BCUT2D eigenvalue weighted by atomic mass is 14.6. The third-order valence-corrected chi connectivity index (χ3v) is 3.34. The van der Waals surface area contributed by atoms with E-state index in [-0.39, 0.29) is 0 Å². The lowest BCUT2D eigenvalue weighted by Crippen LogP contribution is -2.23. The Hall–Kier alpha value is -0.300. The second kappa shape index (κ2) is 3.61. The molecule has 0 bridgehead atoms. The van der Waals surface area contributed by atoms with Gasteiger partial charge in [0, 0.05) is 6.04 Å². The van der Waals surface area contributed by atoms with Crippen molar-refractivity contribution in [3.8, 4) is 0 Å².